The number of carbonyl (C=O) groups excluding carboxylic acids is 1. The van der Waals surface area contributed by atoms with E-state index in [-0.39, 0.29) is 12.4 Å². The molecule has 1 aromatic heterocycles. The number of rotatable bonds is 12. The second-order valence-corrected chi connectivity index (χ2v) is 8.54. The molecule has 1 atom stereocenters. The van der Waals surface area contributed by atoms with Crippen molar-refractivity contribution in [1.82, 2.24) is 9.97 Å². The summed E-state index contributed by atoms with van der Waals surface area (Å²) >= 11 is 0. The van der Waals surface area contributed by atoms with Crippen LogP contribution in [-0.4, -0.2) is 34.8 Å². The SMILES string of the molecule is CCCCCOC(C(=O)Oc1ccc(-c2cnc(-c3ccc(CCCC)cc3)nc2)cc1)C(F)(F)F. The molecule has 0 saturated heterocycles. The summed E-state index contributed by atoms with van der Waals surface area (Å²) in [6, 6.07) is 14.3. The average Bonchev–Trinajstić information content (AvgIpc) is 2.87. The first-order chi connectivity index (χ1) is 17.3. The minimum Gasteiger partial charge on any atom is -0.424 e. The lowest BCUT2D eigenvalue weighted by atomic mass is 10.1. The van der Waals surface area contributed by atoms with Gasteiger partial charge in [0.15, 0.2) is 5.82 Å². The van der Waals surface area contributed by atoms with Gasteiger partial charge in [-0.25, -0.2) is 14.8 Å². The molecule has 3 aromatic rings. The number of aryl methyl sites for hydroxylation is 1. The molecule has 8 heteroatoms. The standard InChI is InChI=1S/C28H31F3N2O3/c1-3-5-7-17-35-25(28(29,30)31)27(34)36-24-15-13-21(14-16-24)23-18-32-26(33-19-23)22-11-9-20(10-12-22)8-6-4-2/h9-16,18-19,25H,3-8,17H2,1-2H3. The molecule has 0 spiro atoms. The minimum absolute atomic E-state index is 0.00383. The van der Waals surface area contributed by atoms with E-state index >= 15 is 0 Å². The van der Waals surface area contributed by atoms with E-state index < -0.39 is 18.2 Å². The van der Waals surface area contributed by atoms with E-state index in [1.807, 2.05) is 19.1 Å². The molecule has 0 aliphatic carbocycles. The van der Waals surface area contributed by atoms with E-state index in [9.17, 15) is 18.0 Å². The number of aromatic nitrogens is 2. The first-order valence-electron chi connectivity index (χ1n) is 12.2. The van der Waals surface area contributed by atoms with Crippen LogP contribution in [0.3, 0.4) is 0 Å². The van der Waals surface area contributed by atoms with Gasteiger partial charge in [-0.15, -0.1) is 0 Å². The number of halogens is 3. The molecular weight excluding hydrogens is 469 g/mol. The number of hydrogen-bond acceptors (Lipinski definition) is 5. The Hall–Kier alpha value is -3.26. The van der Waals surface area contributed by atoms with Crippen LogP contribution in [0.15, 0.2) is 60.9 Å². The molecule has 0 N–H and O–H groups in total. The van der Waals surface area contributed by atoms with E-state index in [0.717, 1.165) is 48.8 Å². The Morgan fingerprint density at radius 2 is 1.44 bits per heavy atom. The molecule has 0 aliphatic rings. The number of unbranched alkanes of at least 4 members (excludes halogenated alkanes) is 3. The lowest BCUT2D eigenvalue weighted by Gasteiger charge is -2.19. The molecule has 1 heterocycles. The molecule has 0 bridgehead atoms. The number of hydrogen-bond donors (Lipinski definition) is 0. The number of benzene rings is 2. The summed E-state index contributed by atoms with van der Waals surface area (Å²) in [5.74, 6) is -0.889. The fraction of sp³-hybridized carbons (Fsp3) is 0.393. The molecule has 0 saturated carbocycles. The summed E-state index contributed by atoms with van der Waals surface area (Å²) in [5.41, 5.74) is 3.66. The molecule has 36 heavy (non-hydrogen) atoms. The number of alkyl halides is 3. The van der Waals surface area contributed by atoms with Crippen molar-refractivity contribution in [2.45, 2.75) is 64.7 Å². The number of esters is 1. The Kier molecular flexibility index (Phi) is 9.99. The zero-order valence-corrected chi connectivity index (χ0v) is 20.6. The molecule has 3 rings (SSSR count). The van der Waals surface area contributed by atoms with Gasteiger partial charge in [-0.3, -0.25) is 0 Å². The number of carbonyl (C=O) groups is 1. The highest BCUT2D eigenvalue weighted by atomic mass is 19.4. The van der Waals surface area contributed by atoms with Gasteiger partial charge in [0.05, 0.1) is 0 Å². The highest BCUT2D eigenvalue weighted by molar-refractivity contribution is 5.78. The highest BCUT2D eigenvalue weighted by Gasteiger charge is 2.47. The first-order valence-corrected chi connectivity index (χ1v) is 12.2. The summed E-state index contributed by atoms with van der Waals surface area (Å²) < 4.78 is 49.5. The van der Waals surface area contributed by atoms with E-state index in [1.165, 1.54) is 17.7 Å². The Morgan fingerprint density at radius 1 is 0.833 bits per heavy atom. The van der Waals surface area contributed by atoms with Crippen molar-refractivity contribution < 1.29 is 27.4 Å². The summed E-state index contributed by atoms with van der Waals surface area (Å²) in [6.07, 6.45) is 1.23. The summed E-state index contributed by atoms with van der Waals surface area (Å²) in [6.45, 7) is 3.93. The average molecular weight is 501 g/mol. The topological polar surface area (TPSA) is 61.3 Å². The van der Waals surface area contributed by atoms with E-state index in [1.54, 1.807) is 24.5 Å². The summed E-state index contributed by atoms with van der Waals surface area (Å²) in [4.78, 5) is 21.0. The number of ether oxygens (including phenoxy) is 2. The molecule has 192 valence electrons. The predicted octanol–water partition coefficient (Wildman–Crippen LogP) is 7.20. The monoisotopic (exact) mass is 500 g/mol. The predicted molar refractivity (Wildman–Crippen MR) is 132 cm³/mol. The normalized spacial score (nSPS) is 12.4. The molecule has 0 radical (unpaired) electrons. The fourth-order valence-electron chi connectivity index (χ4n) is 3.56. The minimum atomic E-state index is -4.85. The van der Waals surface area contributed by atoms with Crippen LogP contribution < -0.4 is 4.74 Å². The van der Waals surface area contributed by atoms with Gasteiger partial charge in [0.2, 0.25) is 0 Å². The fourth-order valence-corrected chi connectivity index (χ4v) is 3.56. The summed E-state index contributed by atoms with van der Waals surface area (Å²) in [7, 11) is 0. The summed E-state index contributed by atoms with van der Waals surface area (Å²) in [5, 5.41) is 0. The molecule has 0 fully saturated rings. The van der Waals surface area contributed by atoms with Crippen LogP contribution >= 0.6 is 0 Å². The van der Waals surface area contributed by atoms with Crippen LogP contribution in [-0.2, 0) is 16.0 Å². The molecule has 0 aliphatic heterocycles. The second-order valence-electron chi connectivity index (χ2n) is 8.54. The van der Waals surface area contributed by atoms with Gasteiger partial charge in [0.25, 0.3) is 6.10 Å². The van der Waals surface area contributed by atoms with Gasteiger partial charge < -0.3 is 9.47 Å². The molecule has 1 unspecified atom stereocenters. The van der Waals surface area contributed by atoms with Gasteiger partial charge in [0.1, 0.15) is 5.75 Å². The number of nitrogens with zero attached hydrogens (tertiary/aromatic N) is 2. The van der Waals surface area contributed by atoms with Gasteiger partial charge in [-0.1, -0.05) is 69.5 Å². The van der Waals surface area contributed by atoms with Crippen molar-refractivity contribution in [2.24, 2.45) is 0 Å². The van der Waals surface area contributed by atoms with Crippen molar-refractivity contribution in [3.63, 3.8) is 0 Å². The second kappa shape index (κ2) is 13.2. The van der Waals surface area contributed by atoms with Crippen LogP contribution in [0.1, 0.15) is 51.5 Å². The zero-order chi connectivity index (χ0) is 26.0. The Labute approximate surface area is 209 Å². The Bertz CT molecular complexity index is 1080. The zero-order valence-electron chi connectivity index (χ0n) is 20.6. The van der Waals surface area contributed by atoms with Crippen molar-refractivity contribution >= 4 is 5.97 Å². The third-order valence-electron chi connectivity index (χ3n) is 5.63. The van der Waals surface area contributed by atoms with E-state index in [0.29, 0.717) is 12.2 Å². The molecule has 5 nitrogen and oxygen atoms in total. The smallest absolute Gasteiger partial charge is 0.424 e. The molecule has 0 amide bonds. The Balaban J connectivity index is 1.62. The van der Waals surface area contributed by atoms with Crippen LogP contribution in [0.25, 0.3) is 22.5 Å². The van der Waals surface area contributed by atoms with E-state index in [4.69, 9.17) is 9.47 Å². The van der Waals surface area contributed by atoms with Crippen molar-refractivity contribution in [3.8, 4) is 28.3 Å². The van der Waals surface area contributed by atoms with Gasteiger partial charge in [-0.05, 0) is 42.5 Å². The largest absolute Gasteiger partial charge is 0.425 e. The first kappa shape index (κ1) is 27.3. The van der Waals surface area contributed by atoms with Crippen LogP contribution in [0, 0.1) is 0 Å². The van der Waals surface area contributed by atoms with Crippen molar-refractivity contribution in [3.05, 3.63) is 66.5 Å². The molecular formula is C28H31F3N2O3. The lowest BCUT2D eigenvalue weighted by molar-refractivity contribution is -0.225. The van der Waals surface area contributed by atoms with Crippen molar-refractivity contribution in [1.29, 1.82) is 0 Å². The Morgan fingerprint density at radius 3 is 2.03 bits per heavy atom. The lowest BCUT2D eigenvalue weighted by Crippen LogP contribution is -2.42. The quantitative estimate of drug-likeness (QED) is 0.150. The molecule has 2 aromatic carbocycles. The van der Waals surface area contributed by atoms with Crippen LogP contribution in [0.2, 0.25) is 0 Å². The maximum atomic E-state index is 13.3. The van der Waals surface area contributed by atoms with Crippen LogP contribution in [0.4, 0.5) is 13.2 Å². The third-order valence-corrected chi connectivity index (χ3v) is 5.63. The maximum Gasteiger partial charge on any atom is 0.425 e. The third kappa shape index (κ3) is 7.88. The van der Waals surface area contributed by atoms with Gasteiger partial charge >= 0.3 is 12.1 Å². The van der Waals surface area contributed by atoms with Crippen LogP contribution in [0.5, 0.6) is 5.75 Å². The van der Waals surface area contributed by atoms with Gasteiger partial charge in [0, 0.05) is 30.1 Å². The van der Waals surface area contributed by atoms with Crippen molar-refractivity contribution in [2.75, 3.05) is 6.61 Å². The highest BCUT2D eigenvalue weighted by Crippen LogP contribution is 2.27. The maximum absolute atomic E-state index is 13.3. The van der Waals surface area contributed by atoms with Gasteiger partial charge in [-0.2, -0.15) is 13.2 Å². The van der Waals surface area contributed by atoms with E-state index in [2.05, 4.69) is 29.0 Å².